The molecule has 2 rings (SSSR count). The predicted molar refractivity (Wildman–Crippen MR) is 86.0 cm³/mol. The molecule has 0 bridgehead atoms. The number of carbonyl (C=O) groups excluding carboxylic acids is 2. The maximum absolute atomic E-state index is 12.6. The van der Waals surface area contributed by atoms with Gasteiger partial charge in [-0.2, -0.15) is 5.10 Å². The molecular formula is C16H26N4O3. The summed E-state index contributed by atoms with van der Waals surface area (Å²) in [6.07, 6.45) is 1.62. The zero-order valence-corrected chi connectivity index (χ0v) is 14.5. The van der Waals surface area contributed by atoms with Gasteiger partial charge in [-0.05, 0) is 46.3 Å². The molecular weight excluding hydrogens is 296 g/mol. The summed E-state index contributed by atoms with van der Waals surface area (Å²) < 4.78 is 4.86. The first-order chi connectivity index (χ1) is 10.8. The number of aromatic amines is 1. The van der Waals surface area contributed by atoms with Gasteiger partial charge in [-0.1, -0.05) is 0 Å². The highest BCUT2D eigenvalue weighted by Gasteiger charge is 2.40. The molecule has 0 aromatic carbocycles. The Morgan fingerprint density at radius 1 is 1.39 bits per heavy atom. The number of likely N-dealkylation sites (tertiary alicyclic amines) is 1. The maximum atomic E-state index is 12.6. The second-order valence-electron chi connectivity index (χ2n) is 6.35. The van der Waals surface area contributed by atoms with E-state index in [4.69, 9.17) is 4.74 Å². The number of amides is 1. The van der Waals surface area contributed by atoms with Gasteiger partial charge in [0.15, 0.2) is 0 Å². The van der Waals surface area contributed by atoms with Crippen molar-refractivity contribution in [3.05, 3.63) is 17.0 Å². The largest absolute Gasteiger partial charge is 0.467 e. The quantitative estimate of drug-likeness (QED) is 0.806. The fraction of sp³-hybridized carbons (Fsp3) is 0.688. The molecule has 1 aromatic rings. The highest BCUT2D eigenvalue weighted by atomic mass is 16.5. The lowest BCUT2D eigenvalue weighted by Crippen LogP contribution is -2.41. The fourth-order valence-corrected chi connectivity index (χ4v) is 3.14. The standard InChI is InChI=1S/C16H26N4O3/c1-10-13(11(2)18-17-10)6-7-15(21)20-9-12(19(3)4)8-14(20)16(22)23-5/h12,14H,6-9H2,1-5H3,(H,17,18)/t12-,14+/m1/s1. The number of nitrogens with one attached hydrogen (secondary N) is 1. The number of nitrogens with zero attached hydrogens (tertiary/aromatic N) is 3. The molecule has 23 heavy (non-hydrogen) atoms. The van der Waals surface area contributed by atoms with Gasteiger partial charge in [0.1, 0.15) is 6.04 Å². The fourth-order valence-electron chi connectivity index (χ4n) is 3.14. The van der Waals surface area contributed by atoms with Crippen LogP contribution in [0.3, 0.4) is 0 Å². The average Bonchev–Trinajstić information content (AvgIpc) is 3.09. The lowest BCUT2D eigenvalue weighted by Gasteiger charge is -2.23. The molecule has 0 radical (unpaired) electrons. The van der Waals surface area contributed by atoms with Gasteiger partial charge in [0.05, 0.1) is 12.8 Å². The lowest BCUT2D eigenvalue weighted by atomic mass is 10.1. The minimum absolute atomic E-state index is 0.00949. The number of aryl methyl sites for hydroxylation is 2. The number of rotatable bonds is 5. The smallest absolute Gasteiger partial charge is 0.328 e. The SMILES string of the molecule is COC(=O)[C@@H]1C[C@@H](N(C)C)CN1C(=O)CCc1c(C)n[nH]c1C. The third-order valence-corrected chi connectivity index (χ3v) is 4.67. The first kappa shape index (κ1) is 17.5. The van der Waals surface area contributed by atoms with E-state index in [1.165, 1.54) is 7.11 Å². The van der Waals surface area contributed by atoms with E-state index < -0.39 is 6.04 Å². The van der Waals surface area contributed by atoms with Crippen LogP contribution >= 0.6 is 0 Å². The second kappa shape index (κ2) is 7.12. The van der Waals surface area contributed by atoms with Gasteiger partial charge in [-0.25, -0.2) is 4.79 Å². The Morgan fingerprint density at radius 3 is 2.61 bits per heavy atom. The van der Waals surface area contributed by atoms with E-state index in [0.717, 1.165) is 17.0 Å². The van der Waals surface area contributed by atoms with Crippen molar-refractivity contribution in [1.82, 2.24) is 20.0 Å². The Bertz CT molecular complexity index is 562. The van der Waals surface area contributed by atoms with Crippen molar-refractivity contribution < 1.29 is 14.3 Å². The summed E-state index contributed by atoms with van der Waals surface area (Å²) >= 11 is 0. The molecule has 1 fully saturated rings. The molecule has 0 saturated carbocycles. The number of aromatic nitrogens is 2. The summed E-state index contributed by atoms with van der Waals surface area (Å²) in [4.78, 5) is 28.3. The number of likely N-dealkylation sites (N-methyl/N-ethyl adjacent to an activating group) is 1. The topological polar surface area (TPSA) is 78.5 Å². The van der Waals surface area contributed by atoms with Crippen LogP contribution in [0, 0.1) is 13.8 Å². The maximum Gasteiger partial charge on any atom is 0.328 e. The molecule has 1 N–H and O–H groups in total. The van der Waals surface area contributed by atoms with Crippen molar-refractivity contribution in [1.29, 1.82) is 0 Å². The second-order valence-corrected chi connectivity index (χ2v) is 6.35. The van der Waals surface area contributed by atoms with Crippen LogP contribution in [0.15, 0.2) is 0 Å². The molecule has 7 nitrogen and oxygen atoms in total. The zero-order chi connectivity index (χ0) is 17.1. The highest BCUT2D eigenvalue weighted by Crippen LogP contribution is 2.23. The first-order valence-electron chi connectivity index (χ1n) is 7.89. The summed E-state index contributed by atoms with van der Waals surface area (Å²) in [7, 11) is 5.29. The Morgan fingerprint density at radius 2 is 2.09 bits per heavy atom. The number of ether oxygens (including phenoxy) is 1. The Kier molecular flexibility index (Phi) is 5.41. The Labute approximate surface area is 137 Å². The average molecular weight is 322 g/mol. The van der Waals surface area contributed by atoms with Crippen LogP contribution in [-0.2, 0) is 20.7 Å². The van der Waals surface area contributed by atoms with Gasteiger partial charge in [-0.3, -0.25) is 9.89 Å². The molecule has 1 amide bonds. The van der Waals surface area contributed by atoms with Crippen molar-refractivity contribution in [2.75, 3.05) is 27.7 Å². The number of hydrogen-bond donors (Lipinski definition) is 1. The number of hydrogen-bond acceptors (Lipinski definition) is 5. The van der Waals surface area contributed by atoms with Crippen molar-refractivity contribution in [2.45, 2.75) is 45.2 Å². The van der Waals surface area contributed by atoms with E-state index in [0.29, 0.717) is 25.8 Å². The van der Waals surface area contributed by atoms with Crippen LogP contribution in [0.25, 0.3) is 0 Å². The van der Waals surface area contributed by atoms with Crippen LogP contribution in [0.5, 0.6) is 0 Å². The molecule has 7 heteroatoms. The third-order valence-electron chi connectivity index (χ3n) is 4.67. The van der Waals surface area contributed by atoms with E-state index in [9.17, 15) is 9.59 Å². The third kappa shape index (κ3) is 3.72. The van der Waals surface area contributed by atoms with E-state index in [1.54, 1.807) is 4.90 Å². The molecule has 1 aliphatic rings. The van der Waals surface area contributed by atoms with Crippen molar-refractivity contribution in [3.63, 3.8) is 0 Å². The van der Waals surface area contributed by atoms with Gasteiger partial charge in [0.2, 0.25) is 5.91 Å². The predicted octanol–water partition coefficient (Wildman–Crippen LogP) is 0.663. The Balaban J connectivity index is 2.05. The summed E-state index contributed by atoms with van der Waals surface area (Å²) in [6.45, 7) is 4.45. The van der Waals surface area contributed by atoms with E-state index in [1.807, 2.05) is 32.8 Å². The van der Waals surface area contributed by atoms with Crippen LogP contribution in [0.2, 0.25) is 0 Å². The summed E-state index contributed by atoms with van der Waals surface area (Å²) in [5.74, 6) is -0.344. The summed E-state index contributed by atoms with van der Waals surface area (Å²) in [5, 5.41) is 7.09. The molecule has 1 saturated heterocycles. The zero-order valence-electron chi connectivity index (χ0n) is 14.5. The molecule has 1 aliphatic heterocycles. The summed E-state index contributed by atoms with van der Waals surface area (Å²) in [5.41, 5.74) is 3.00. The minimum Gasteiger partial charge on any atom is -0.467 e. The molecule has 2 heterocycles. The molecule has 128 valence electrons. The van der Waals surface area contributed by atoms with Gasteiger partial charge < -0.3 is 14.5 Å². The molecule has 0 aliphatic carbocycles. The number of H-pyrrole nitrogens is 1. The monoisotopic (exact) mass is 322 g/mol. The van der Waals surface area contributed by atoms with Gasteiger partial charge >= 0.3 is 5.97 Å². The van der Waals surface area contributed by atoms with E-state index in [2.05, 4.69) is 10.2 Å². The molecule has 1 aromatic heterocycles. The normalized spacial score (nSPS) is 21.0. The number of carbonyl (C=O) groups is 2. The van der Waals surface area contributed by atoms with E-state index in [-0.39, 0.29) is 17.9 Å². The van der Waals surface area contributed by atoms with Gasteiger partial charge in [-0.15, -0.1) is 0 Å². The van der Waals surface area contributed by atoms with Crippen LogP contribution in [-0.4, -0.2) is 71.7 Å². The van der Waals surface area contributed by atoms with Gasteiger partial charge in [0.25, 0.3) is 0 Å². The number of methoxy groups -OCH3 is 1. The Hall–Kier alpha value is -1.89. The van der Waals surface area contributed by atoms with Crippen LogP contribution in [0.4, 0.5) is 0 Å². The molecule has 0 spiro atoms. The van der Waals surface area contributed by atoms with E-state index >= 15 is 0 Å². The van der Waals surface area contributed by atoms with Crippen LogP contribution < -0.4 is 0 Å². The van der Waals surface area contributed by atoms with Crippen molar-refractivity contribution in [2.24, 2.45) is 0 Å². The lowest BCUT2D eigenvalue weighted by molar-refractivity contribution is -0.150. The minimum atomic E-state index is -0.480. The van der Waals surface area contributed by atoms with Crippen molar-refractivity contribution >= 4 is 11.9 Å². The van der Waals surface area contributed by atoms with Gasteiger partial charge in [0, 0.05) is 24.7 Å². The molecule has 2 atom stereocenters. The summed E-state index contributed by atoms with van der Waals surface area (Å²) in [6, 6.07) is -0.299. The van der Waals surface area contributed by atoms with Crippen molar-refractivity contribution in [3.8, 4) is 0 Å². The van der Waals surface area contributed by atoms with Crippen LogP contribution in [0.1, 0.15) is 29.8 Å². The highest BCUT2D eigenvalue weighted by molar-refractivity contribution is 5.85. The molecule has 0 unspecified atom stereocenters. The number of esters is 1. The first-order valence-corrected chi connectivity index (χ1v) is 7.89.